The molecule has 2 N–H and O–H groups in total. The van der Waals surface area contributed by atoms with E-state index in [1.54, 1.807) is 18.5 Å². The average Bonchev–Trinajstić information content (AvgIpc) is 2.46. The molecule has 0 aliphatic rings. The van der Waals surface area contributed by atoms with E-state index in [4.69, 9.17) is 0 Å². The number of carbonyl (C=O) groups is 1. The van der Waals surface area contributed by atoms with Gasteiger partial charge in [0, 0.05) is 18.0 Å². The first-order valence-electron chi connectivity index (χ1n) is 6.12. The molecule has 2 aromatic rings. The molecule has 0 saturated heterocycles. The molecular formula is C14H16N4O. The van der Waals surface area contributed by atoms with Gasteiger partial charge in [0.1, 0.15) is 0 Å². The third-order valence-corrected chi connectivity index (χ3v) is 2.70. The average molecular weight is 256 g/mol. The van der Waals surface area contributed by atoms with Crippen LogP contribution in [0.15, 0.2) is 42.7 Å². The quantitative estimate of drug-likeness (QED) is 0.850. The number of rotatable bonds is 5. The van der Waals surface area contributed by atoms with Gasteiger partial charge in [0.2, 0.25) is 5.95 Å². The highest BCUT2D eigenvalue weighted by molar-refractivity contribution is 6.04. The molecule has 1 heterocycles. The first-order valence-corrected chi connectivity index (χ1v) is 6.12. The van der Waals surface area contributed by atoms with Crippen LogP contribution in [0.25, 0.3) is 0 Å². The fourth-order valence-corrected chi connectivity index (χ4v) is 1.75. The third kappa shape index (κ3) is 3.59. The van der Waals surface area contributed by atoms with E-state index in [2.05, 4.69) is 20.6 Å². The molecule has 0 saturated carbocycles. The minimum absolute atomic E-state index is 0.182. The summed E-state index contributed by atoms with van der Waals surface area (Å²) < 4.78 is 0. The molecule has 19 heavy (non-hydrogen) atoms. The van der Waals surface area contributed by atoms with Crippen molar-refractivity contribution in [3.05, 3.63) is 53.9 Å². The van der Waals surface area contributed by atoms with Crippen LogP contribution in [0.4, 0.5) is 5.95 Å². The lowest BCUT2D eigenvalue weighted by atomic mass is 10.0. The molecule has 1 aromatic heterocycles. The molecule has 0 spiro atoms. The zero-order valence-corrected chi connectivity index (χ0v) is 10.8. The number of carbonyl (C=O) groups excluding carboxylic acids is 1. The monoisotopic (exact) mass is 256 g/mol. The largest absolute Gasteiger partial charge is 0.319 e. The van der Waals surface area contributed by atoms with Gasteiger partial charge in [0.15, 0.2) is 0 Å². The smallest absolute Gasteiger partial charge is 0.258 e. The van der Waals surface area contributed by atoms with Gasteiger partial charge in [-0.1, -0.05) is 18.2 Å². The Hall–Kier alpha value is -2.27. The summed E-state index contributed by atoms with van der Waals surface area (Å²) in [6, 6.07) is 9.25. The van der Waals surface area contributed by atoms with E-state index in [1.807, 2.05) is 31.3 Å². The van der Waals surface area contributed by atoms with Crippen LogP contribution in [0.5, 0.6) is 0 Å². The van der Waals surface area contributed by atoms with Crippen molar-refractivity contribution in [3.63, 3.8) is 0 Å². The third-order valence-electron chi connectivity index (χ3n) is 2.70. The number of nitrogens with zero attached hydrogens (tertiary/aromatic N) is 2. The van der Waals surface area contributed by atoms with E-state index in [0.717, 1.165) is 18.5 Å². The molecule has 5 heteroatoms. The highest BCUT2D eigenvalue weighted by Gasteiger charge is 2.11. The number of aromatic nitrogens is 2. The molecule has 0 atom stereocenters. The Balaban J connectivity index is 2.14. The van der Waals surface area contributed by atoms with E-state index in [9.17, 15) is 4.79 Å². The van der Waals surface area contributed by atoms with Gasteiger partial charge < -0.3 is 5.32 Å². The van der Waals surface area contributed by atoms with Crippen LogP contribution in [0, 0.1) is 0 Å². The summed E-state index contributed by atoms with van der Waals surface area (Å²) in [4.78, 5) is 20.1. The maximum Gasteiger partial charge on any atom is 0.258 e. The van der Waals surface area contributed by atoms with Gasteiger partial charge in [-0.05, 0) is 37.7 Å². The summed E-state index contributed by atoms with van der Waals surface area (Å²) >= 11 is 0. The Morgan fingerprint density at radius 1 is 1.16 bits per heavy atom. The summed E-state index contributed by atoms with van der Waals surface area (Å²) in [7, 11) is 1.89. The van der Waals surface area contributed by atoms with Gasteiger partial charge in [-0.3, -0.25) is 10.1 Å². The summed E-state index contributed by atoms with van der Waals surface area (Å²) in [5, 5.41) is 5.77. The van der Waals surface area contributed by atoms with Crippen molar-refractivity contribution in [3.8, 4) is 0 Å². The summed E-state index contributed by atoms with van der Waals surface area (Å²) in [5.74, 6) is 0.133. The number of hydrogen-bond acceptors (Lipinski definition) is 4. The topological polar surface area (TPSA) is 66.9 Å². The molecule has 1 aromatic carbocycles. The van der Waals surface area contributed by atoms with Gasteiger partial charge in [-0.15, -0.1) is 0 Å². The second kappa shape index (κ2) is 6.61. The lowest BCUT2D eigenvalue weighted by Crippen LogP contribution is -2.18. The second-order valence-electron chi connectivity index (χ2n) is 4.04. The van der Waals surface area contributed by atoms with Gasteiger partial charge in [0.05, 0.1) is 0 Å². The van der Waals surface area contributed by atoms with E-state index < -0.39 is 0 Å². The van der Waals surface area contributed by atoms with Crippen molar-refractivity contribution in [2.45, 2.75) is 6.42 Å². The van der Waals surface area contributed by atoms with Gasteiger partial charge in [-0.2, -0.15) is 0 Å². The minimum Gasteiger partial charge on any atom is -0.319 e. The fraction of sp³-hybridized carbons (Fsp3) is 0.214. The van der Waals surface area contributed by atoms with E-state index in [1.165, 1.54) is 0 Å². The molecule has 5 nitrogen and oxygen atoms in total. The van der Waals surface area contributed by atoms with Gasteiger partial charge >= 0.3 is 0 Å². The molecule has 0 fully saturated rings. The van der Waals surface area contributed by atoms with Crippen molar-refractivity contribution in [1.29, 1.82) is 0 Å². The van der Waals surface area contributed by atoms with Crippen LogP contribution in [-0.4, -0.2) is 29.5 Å². The van der Waals surface area contributed by atoms with Crippen LogP contribution in [0.1, 0.15) is 15.9 Å². The first kappa shape index (κ1) is 13.2. The Bertz CT molecular complexity index is 542. The van der Waals surface area contributed by atoms with E-state index in [0.29, 0.717) is 11.5 Å². The Morgan fingerprint density at radius 3 is 2.63 bits per heavy atom. The Labute approximate surface area is 112 Å². The van der Waals surface area contributed by atoms with Crippen molar-refractivity contribution in [1.82, 2.24) is 15.3 Å². The fourth-order valence-electron chi connectivity index (χ4n) is 1.75. The van der Waals surface area contributed by atoms with Crippen LogP contribution < -0.4 is 10.6 Å². The highest BCUT2D eigenvalue weighted by atomic mass is 16.1. The molecule has 98 valence electrons. The molecular weight excluding hydrogens is 240 g/mol. The molecule has 0 unspecified atom stereocenters. The zero-order valence-electron chi connectivity index (χ0n) is 10.8. The number of benzene rings is 1. The van der Waals surface area contributed by atoms with Crippen molar-refractivity contribution in [2.75, 3.05) is 18.9 Å². The number of amides is 1. The first-order chi connectivity index (χ1) is 9.31. The van der Waals surface area contributed by atoms with Crippen molar-refractivity contribution in [2.24, 2.45) is 0 Å². The molecule has 1 amide bonds. The van der Waals surface area contributed by atoms with Gasteiger partial charge in [0.25, 0.3) is 5.91 Å². The predicted molar refractivity (Wildman–Crippen MR) is 74.1 cm³/mol. The number of anilines is 1. The van der Waals surface area contributed by atoms with Crippen LogP contribution in [-0.2, 0) is 6.42 Å². The summed E-state index contributed by atoms with van der Waals surface area (Å²) in [6.45, 7) is 0.826. The minimum atomic E-state index is -0.182. The highest BCUT2D eigenvalue weighted by Crippen LogP contribution is 2.11. The van der Waals surface area contributed by atoms with Crippen molar-refractivity contribution >= 4 is 11.9 Å². The number of nitrogens with one attached hydrogen (secondary N) is 2. The molecule has 0 radical (unpaired) electrons. The summed E-state index contributed by atoms with van der Waals surface area (Å²) in [6.07, 6.45) is 3.99. The number of hydrogen-bond donors (Lipinski definition) is 2. The van der Waals surface area contributed by atoms with E-state index in [-0.39, 0.29) is 5.91 Å². The molecule has 0 bridgehead atoms. The van der Waals surface area contributed by atoms with Crippen LogP contribution in [0.2, 0.25) is 0 Å². The predicted octanol–water partition coefficient (Wildman–Crippen LogP) is 1.49. The van der Waals surface area contributed by atoms with Crippen molar-refractivity contribution < 1.29 is 4.79 Å². The van der Waals surface area contributed by atoms with Crippen LogP contribution >= 0.6 is 0 Å². The Morgan fingerprint density at radius 2 is 1.89 bits per heavy atom. The zero-order chi connectivity index (χ0) is 13.5. The second-order valence-corrected chi connectivity index (χ2v) is 4.04. The molecule has 2 rings (SSSR count). The van der Waals surface area contributed by atoms with Gasteiger partial charge in [-0.25, -0.2) is 9.97 Å². The lowest BCUT2D eigenvalue weighted by Gasteiger charge is -2.09. The molecule has 0 aliphatic carbocycles. The van der Waals surface area contributed by atoms with E-state index >= 15 is 0 Å². The normalized spacial score (nSPS) is 10.2. The lowest BCUT2D eigenvalue weighted by molar-refractivity contribution is 0.102. The maximum atomic E-state index is 12.2. The number of likely N-dealkylation sites (N-methyl/N-ethyl adjacent to an activating group) is 1. The SMILES string of the molecule is CNCCc1ccccc1C(=O)Nc1ncccn1. The van der Waals surface area contributed by atoms with Crippen LogP contribution in [0.3, 0.4) is 0 Å². The summed E-state index contributed by atoms with van der Waals surface area (Å²) in [5.41, 5.74) is 1.66. The molecule has 0 aliphatic heterocycles. The Kier molecular flexibility index (Phi) is 4.58. The maximum absolute atomic E-state index is 12.2. The standard InChI is InChI=1S/C14H16N4O/c1-15-10-7-11-5-2-3-6-12(11)13(19)18-14-16-8-4-9-17-14/h2-6,8-9,15H,7,10H2,1H3,(H,16,17,18,19).